The van der Waals surface area contributed by atoms with Gasteiger partial charge in [-0.1, -0.05) is 11.6 Å². The van der Waals surface area contributed by atoms with Crippen LogP contribution in [-0.4, -0.2) is 12.1 Å². The van der Waals surface area contributed by atoms with Crippen molar-refractivity contribution < 1.29 is 4.74 Å². The Kier molecular flexibility index (Phi) is 3.44. The molecule has 0 radical (unpaired) electrons. The van der Waals surface area contributed by atoms with Crippen LogP contribution < -0.4 is 5.73 Å². The summed E-state index contributed by atoms with van der Waals surface area (Å²) in [5.74, 6) is 0. The first-order valence-electron chi connectivity index (χ1n) is 4.86. The molecule has 0 saturated heterocycles. The summed E-state index contributed by atoms with van der Waals surface area (Å²) in [5.41, 5.74) is 7.05. The Morgan fingerprint density at radius 2 is 2.43 bits per heavy atom. The molecule has 1 aliphatic rings. The van der Waals surface area contributed by atoms with Crippen molar-refractivity contribution in [1.29, 1.82) is 0 Å². The molecule has 2 rings (SSSR count). The Balaban J connectivity index is 1.82. The summed E-state index contributed by atoms with van der Waals surface area (Å²) in [5, 5.41) is 2.03. The van der Waals surface area contributed by atoms with Crippen LogP contribution in [0.3, 0.4) is 0 Å². The Bertz CT molecular complexity index is 302. The molecule has 0 amide bonds. The highest BCUT2D eigenvalue weighted by Gasteiger charge is 2.24. The van der Waals surface area contributed by atoms with E-state index < -0.39 is 0 Å². The fourth-order valence-electron chi connectivity index (χ4n) is 1.79. The van der Waals surface area contributed by atoms with Crippen LogP contribution in [-0.2, 0) is 11.3 Å². The van der Waals surface area contributed by atoms with Crippen molar-refractivity contribution in [3.8, 4) is 0 Å². The summed E-state index contributed by atoms with van der Waals surface area (Å²) in [4.78, 5) is 0. The van der Waals surface area contributed by atoms with Crippen LogP contribution >= 0.6 is 22.9 Å². The first-order valence-corrected chi connectivity index (χ1v) is 6.11. The van der Waals surface area contributed by atoms with Crippen LogP contribution in [0.15, 0.2) is 11.4 Å². The highest BCUT2D eigenvalue weighted by molar-refractivity contribution is 7.14. The van der Waals surface area contributed by atoms with E-state index in [0.29, 0.717) is 6.61 Å². The van der Waals surface area contributed by atoms with Crippen LogP contribution in [0.25, 0.3) is 0 Å². The van der Waals surface area contributed by atoms with Gasteiger partial charge in [-0.15, -0.1) is 11.3 Å². The minimum absolute atomic E-state index is 0.226. The average molecular weight is 232 g/mol. The molecule has 1 aromatic heterocycles. The van der Waals surface area contributed by atoms with Crippen LogP contribution in [0.4, 0.5) is 0 Å². The molecule has 2 atom stereocenters. The number of nitrogens with two attached hydrogens (primary N) is 1. The summed E-state index contributed by atoms with van der Waals surface area (Å²) in [7, 11) is 0. The monoisotopic (exact) mass is 231 g/mol. The number of hydrogen-bond acceptors (Lipinski definition) is 3. The Labute approximate surface area is 93.0 Å². The molecule has 1 fully saturated rings. The molecule has 0 bridgehead atoms. The van der Waals surface area contributed by atoms with E-state index in [1.54, 1.807) is 11.3 Å². The molecule has 78 valence electrons. The van der Waals surface area contributed by atoms with E-state index in [0.717, 1.165) is 22.7 Å². The largest absolute Gasteiger partial charge is 0.372 e. The van der Waals surface area contributed by atoms with E-state index in [4.69, 9.17) is 22.1 Å². The van der Waals surface area contributed by atoms with Gasteiger partial charge in [0.05, 0.1) is 17.0 Å². The fraction of sp³-hybridized carbons (Fsp3) is 0.600. The molecule has 2 nitrogen and oxygen atoms in total. The lowest BCUT2D eigenvalue weighted by molar-refractivity contribution is 0.0359. The van der Waals surface area contributed by atoms with Gasteiger partial charge in [0.2, 0.25) is 0 Å². The lowest BCUT2D eigenvalue weighted by Gasteiger charge is -2.15. The van der Waals surface area contributed by atoms with Gasteiger partial charge in [-0.3, -0.25) is 0 Å². The van der Waals surface area contributed by atoms with Gasteiger partial charge >= 0.3 is 0 Å². The van der Waals surface area contributed by atoms with Gasteiger partial charge in [0.15, 0.2) is 0 Å². The molecule has 1 heterocycles. The fourth-order valence-corrected chi connectivity index (χ4v) is 2.68. The van der Waals surface area contributed by atoms with Gasteiger partial charge in [-0.05, 0) is 36.3 Å². The zero-order chi connectivity index (χ0) is 9.97. The van der Waals surface area contributed by atoms with Crippen molar-refractivity contribution in [1.82, 2.24) is 0 Å². The van der Waals surface area contributed by atoms with Gasteiger partial charge in [-0.25, -0.2) is 0 Å². The number of rotatable bonds is 3. The van der Waals surface area contributed by atoms with E-state index in [1.165, 1.54) is 6.42 Å². The quantitative estimate of drug-likeness (QED) is 0.868. The third kappa shape index (κ3) is 2.48. The third-order valence-corrected chi connectivity index (χ3v) is 3.73. The van der Waals surface area contributed by atoms with E-state index in [1.807, 2.05) is 11.4 Å². The summed E-state index contributed by atoms with van der Waals surface area (Å²) in [6.45, 7) is 0.640. The molecule has 1 saturated carbocycles. The van der Waals surface area contributed by atoms with E-state index in [2.05, 4.69) is 0 Å². The number of ether oxygens (including phenoxy) is 1. The molecule has 0 aromatic carbocycles. The maximum atomic E-state index is 5.90. The van der Waals surface area contributed by atoms with Crippen LogP contribution in [0.5, 0.6) is 0 Å². The summed E-state index contributed by atoms with van der Waals surface area (Å²) >= 11 is 7.36. The van der Waals surface area contributed by atoms with E-state index >= 15 is 0 Å². The lowest BCUT2D eigenvalue weighted by Crippen LogP contribution is -2.31. The van der Waals surface area contributed by atoms with Gasteiger partial charge < -0.3 is 10.5 Å². The Hall–Kier alpha value is -0.0900. The second-order valence-electron chi connectivity index (χ2n) is 3.70. The first kappa shape index (κ1) is 10.4. The lowest BCUT2D eigenvalue weighted by atomic mass is 10.2. The Morgan fingerprint density at radius 1 is 1.57 bits per heavy atom. The predicted octanol–water partition coefficient (Wildman–Crippen LogP) is 2.80. The molecule has 2 N–H and O–H groups in total. The topological polar surface area (TPSA) is 35.2 Å². The molecule has 14 heavy (non-hydrogen) atoms. The van der Waals surface area contributed by atoms with E-state index in [-0.39, 0.29) is 12.1 Å². The molecule has 4 heteroatoms. The van der Waals surface area contributed by atoms with Crippen LogP contribution in [0.1, 0.15) is 24.8 Å². The van der Waals surface area contributed by atoms with Crippen molar-refractivity contribution in [2.75, 3.05) is 0 Å². The molecular weight excluding hydrogens is 218 g/mol. The summed E-state index contributed by atoms with van der Waals surface area (Å²) in [6, 6.07) is 2.18. The standard InChI is InChI=1S/C10H14ClNOS/c11-10-4-7(6-14-10)5-13-9-3-1-2-8(9)12/h4,6,8-9H,1-3,5,12H2. The second kappa shape index (κ2) is 4.62. The molecule has 1 aromatic rings. The molecule has 1 aliphatic carbocycles. The summed E-state index contributed by atoms with van der Waals surface area (Å²) in [6.07, 6.45) is 3.62. The number of halogens is 1. The second-order valence-corrected chi connectivity index (χ2v) is 5.25. The highest BCUT2D eigenvalue weighted by Crippen LogP contribution is 2.24. The number of thiophene rings is 1. The van der Waals surface area contributed by atoms with Crippen LogP contribution in [0, 0.1) is 0 Å². The highest BCUT2D eigenvalue weighted by atomic mass is 35.5. The van der Waals surface area contributed by atoms with Gasteiger partial charge in [0.1, 0.15) is 0 Å². The smallest absolute Gasteiger partial charge is 0.0931 e. The van der Waals surface area contributed by atoms with Crippen LogP contribution in [0.2, 0.25) is 4.34 Å². The van der Waals surface area contributed by atoms with Crippen molar-refractivity contribution in [3.05, 3.63) is 21.3 Å². The maximum Gasteiger partial charge on any atom is 0.0931 e. The number of hydrogen-bond donors (Lipinski definition) is 1. The average Bonchev–Trinajstić information content (AvgIpc) is 2.72. The molecule has 0 spiro atoms. The van der Waals surface area contributed by atoms with Gasteiger partial charge in [-0.2, -0.15) is 0 Å². The van der Waals surface area contributed by atoms with Gasteiger partial charge in [0.25, 0.3) is 0 Å². The Morgan fingerprint density at radius 3 is 3.00 bits per heavy atom. The predicted molar refractivity (Wildman–Crippen MR) is 59.7 cm³/mol. The zero-order valence-electron chi connectivity index (χ0n) is 7.91. The van der Waals surface area contributed by atoms with Crippen molar-refractivity contribution in [2.24, 2.45) is 5.73 Å². The first-order chi connectivity index (χ1) is 6.75. The minimum Gasteiger partial charge on any atom is -0.372 e. The molecule has 0 aliphatic heterocycles. The van der Waals surface area contributed by atoms with Crippen molar-refractivity contribution in [3.63, 3.8) is 0 Å². The normalized spacial score (nSPS) is 27.0. The molecular formula is C10H14ClNOS. The zero-order valence-corrected chi connectivity index (χ0v) is 9.48. The maximum absolute atomic E-state index is 5.90. The summed E-state index contributed by atoms with van der Waals surface area (Å²) < 4.78 is 6.56. The molecule has 2 unspecified atom stereocenters. The van der Waals surface area contributed by atoms with E-state index in [9.17, 15) is 0 Å². The SMILES string of the molecule is NC1CCCC1OCc1csc(Cl)c1. The third-order valence-electron chi connectivity index (χ3n) is 2.59. The van der Waals surface area contributed by atoms with Crippen molar-refractivity contribution in [2.45, 2.75) is 38.0 Å². The van der Waals surface area contributed by atoms with Crippen molar-refractivity contribution >= 4 is 22.9 Å². The van der Waals surface area contributed by atoms with Gasteiger partial charge in [0, 0.05) is 6.04 Å². The minimum atomic E-state index is 0.226.